The third-order valence-corrected chi connectivity index (χ3v) is 6.00. The van der Waals surface area contributed by atoms with Gasteiger partial charge in [0.15, 0.2) is 0 Å². The molecule has 1 aromatic carbocycles. The average Bonchev–Trinajstić information content (AvgIpc) is 3.33. The van der Waals surface area contributed by atoms with Crippen molar-refractivity contribution in [1.29, 1.82) is 0 Å². The van der Waals surface area contributed by atoms with Gasteiger partial charge in [0.25, 0.3) is 0 Å². The number of rotatable bonds is 7. The van der Waals surface area contributed by atoms with E-state index in [4.69, 9.17) is 4.74 Å². The molecule has 0 unspecified atom stereocenters. The van der Waals surface area contributed by atoms with E-state index in [0.717, 1.165) is 39.1 Å². The Morgan fingerprint density at radius 2 is 1.92 bits per heavy atom. The van der Waals surface area contributed by atoms with Gasteiger partial charge in [-0.3, -0.25) is 9.69 Å². The standard InChI is InChI=1S/C21H31N3O2/c25-21(22-8-11-23-9-4-5-10-23)13-19-12-18-15-24(16-20(18)26-19)14-17-6-2-1-3-7-17/h1-3,6-7,18-20H,4-5,8-16H2,(H,22,25)/t18-,19+,20+/m0/s1. The number of amides is 1. The van der Waals surface area contributed by atoms with E-state index < -0.39 is 0 Å². The highest BCUT2D eigenvalue weighted by molar-refractivity contribution is 5.76. The Labute approximate surface area is 156 Å². The normalized spacial score (nSPS) is 29.2. The molecule has 1 aromatic rings. The van der Waals surface area contributed by atoms with Gasteiger partial charge in [0.2, 0.25) is 5.91 Å². The first-order chi connectivity index (χ1) is 12.8. The zero-order valence-electron chi connectivity index (χ0n) is 15.6. The minimum atomic E-state index is 0.107. The largest absolute Gasteiger partial charge is 0.373 e. The van der Waals surface area contributed by atoms with Gasteiger partial charge in [-0.1, -0.05) is 30.3 Å². The molecular weight excluding hydrogens is 326 g/mol. The Morgan fingerprint density at radius 1 is 1.12 bits per heavy atom. The minimum Gasteiger partial charge on any atom is -0.373 e. The van der Waals surface area contributed by atoms with Crippen molar-refractivity contribution in [1.82, 2.24) is 15.1 Å². The summed E-state index contributed by atoms with van der Waals surface area (Å²) in [5.41, 5.74) is 1.36. The van der Waals surface area contributed by atoms with Gasteiger partial charge in [-0.2, -0.15) is 0 Å². The number of carbonyl (C=O) groups excluding carboxylic acids is 1. The minimum absolute atomic E-state index is 0.107. The van der Waals surface area contributed by atoms with Crippen molar-refractivity contribution >= 4 is 5.91 Å². The van der Waals surface area contributed by atoms with E-state index in [1.165, 1.54) is 31.5 Å². The summed E-state index contributed by atoms with van der Waals surface area (Å²) in [6.45, 7) is 7.20. The molecule has 5 nitrogen and oxygen atoms in total. The first kappa shape index (κ1) is 18.0. The second-order valence-corrected chi connectivity index (χ2v) is 8.07. The van der Waals surface area contributed by atoms with Crippen LogP contribution in [0.5, 0.6) is 0 Å². The summed E-state index contributed by atoms with van der Waals surface area (Å²) in [5, 5.41) is 3.07. The molecule has 0 saturated carbocycles. The molecule has 3 aliphatic rings. The average molecular weight is 357 g/mol. The van der Waals surface area contributed by atoms with E-state index in [-0.39, 0.29) is 12.0 Å². The fourth-order valence-corrected chi connectivity index (χ4v) is 4.69. The molecule has 3 aliphatic heterocycles. The molecule has 1 amide bonds. The summed E-state index contributed by atoms with van der Waals surface area (Å²) in [4.78, 5) is 17.1. The van der Waals surface area contributed by atoms with E-state index in [9.17, 15) is 4.79 Å². The second kappa shape index (κ2) is 8.51. The molecule has 0 bridgehead atoms. The quantitative estimate of drug-likeness (QED) is 0.809. The third kappa shape index (κ3) is 4.64. The van der Waals surface area contributed by atoms with Crippen LogP contribution < -0.4 is 5.32 Å². The van der Waals surface area contributed by atoms with Gasteiger partial charge in [0.1, 0.15) is 0 Å². The summed E-state index contributed by atoms with van der Waals surface area (Å²) >= 11 is 0. The summed E-state index contributed by atoms with van der Waals surface area (Å²) in [6, 6.07) is 10.6. The van der Waals surface area contributed by atoms with E-state index in [1.807, 2.05) is 0 Å². The summed E-state index contributed by atoms with van der Waals surface area (Å²) in [7, 11) is 0. The highest BCUT2D eigenvalue weighted by Gasteiger charge is 2.42. The number of fused-ring (bicyclic) bond motifs is 1. The lowest BCUT2D eigenvalue weighted by atomic mass is 10.0. The van der Waals surface area contributed by atoms with Crippen LogP contribution in [0.25, 0.3) is 0 Å². The van der Waals surface area contributed by atoms with Crippen molar-refractivity contribution in [2.45, 2.75) is 44.4 Å². The molecule has 0 aliphatic carbocycles. The van der Waals surface area contributed by atoms with Gasteiger partial charge in [-0.25, -0.2) is 0 Å². The molecule has 5 heteroatoms. The van der Waals surface area contributed by atoms with Crippen molar-refractivity contribution in [2.24, 2.45) is 5.92 Å². The summed E-state index contributed by atoms with van der Waals surface area (Å²) in [6.07, 6.45) is 4.56. The highest BCUT2D eigenvalue weighted by atomic mass is 16.5. The van der Waals surface area contributed by atoms with Crippen LogP contribution in [0, 0.1) is 5.92 Å². The van der Waals surface area contributed by atoms with E-state index in [2.05, 4.69) is 45.4 Å². The van der Waals surface area contributed by atoms with Gasteiger partial charge in [0, 0.05) is 38.6 Å². The highest BCUT2D eigenvalue weighted by Crippen LogP contribution is 2.34. The lowest BCUT2D eigenvalue weighted by molar-refractivity contribution is -0.123. The number of benzene rings is 1. The molecule has 0 aromatic heterocycles. The number of carbonyl (C=O) groups is 1. The topological polar surface area (TPSA) is 44.8 Å². The zero-order valence-corrected chi connectivity index (χ0v) is 15.6. The fourth-order valence-electron chi connectivity index (χ4n) is 4.69. The number of likely N-dealkylation sites (tertiary alicyclic amines) is 2. The van der Waals surface area contributed by atoms with Gasteiger partial charge >= 0.3 is 0 Å². The van der Waals surface area contributed by atoms with Crippen molar-refractivity contribution in [3.63, 3.8) is 0 Å². The zero-order chi connectivity index (χ0) is 17.8. The van der Waals surface area contributed by atoms with Crippen LogP contribution in [0.4, 0.5) is 0 Å². The van der Waals surface area contributed by atoms with Gasteiger partial charge in [-0.15, -0.1) is 0 Å². The van der Waals surface area contributed by atoms with Crippen LogP contribution in [0.3, 0.4) is 0 Å². The Kier molecular flexibility index (Phi) is 5.88. The van der Waals surface area contributed by atoms with Crippen molar-refractivity contribution in [3.8, 4) is 0 Å². The van der Waals surface area contributed by atoms with E-state index in [0.29, 0.717) is 18.4 Å². The van der Waals surface area contributed by atoms with Crippen LogP contribution in [0.2, 0.25) is 0 Å². The van der Waals surface area contributed by atoms with E-state index >= 15 is 0 Å². The Hall–Kier alpha value is -1.43. The van der Waals surface area contributed by atoms with Crippen LogP contribution in [0.1, 0.15) is 31.2 Å². The Balaban J connectivity index is 1.14. The lowest BCUT2D eigenvalue weighted by Crippen LogP contribution is -2.35. The van der Waals surface area contributed by atoms with Crippen molar-refractivity contribution < 1.29 is 9.53 Å². The maximum Gasteiger partial charge on any atom is 0.222 e. The molecule has 3 atom stereocenters. The smallest absolute Gasteiger partial charge is 0.222 e. The summed E-state index contributed by atoms with van der Waals surface area (Å²) < 4.78 is 6.19. The molecule has 26 heavy (non-hydrogen) atoms. The van der Waals surface area contributed by atoms with Crippen LogP contribution in [-0.2, 0) is 16.1 Å². The molecule has 0 spiro atoms. The maximum atomic E-state index is 12.2. The molecule has 3 saturated heterocycles. The molecule has 4 rings (SSSR count). The third-order valence-electron chi connectivity index (χ3n) is 6.00. The molecule has 1 N–H and O–H groups in total. The number of hydrogen-bond acceptors (Lipinski definition) is 4. The van der Waals surface area contributed by atoms with Crippen molar-refractivity contribution in [2.75, 3.05) is 39.3 Å². The number of ether oxygens (including phenoxy) is 1. The van der Waals surface area contributed by atoms with Crippen LogP contribution in [0.15, 0.2) is 30.3 Å². The van der Waals surface area contributed by atoms with Gasteiger partial charge in [-0.05, 0) is 37.9 Å². The second-order valence-electron chi connectivity index (χ2n) is 8.07. The first-order valence-corrected chi connectivity index (χ1v) is 10.2. The predicted octanol–water partition coefficient (Wildman–Crippen LogP) is 1.88. The van der Waals surface area contributed by atoms with E-state index in [1.54, 1.807) is 0 Å². The molecule has 3 heterocycles. The summed E-state index contributed by atoms with van der Waals surface area (Å²) in [5.74, 6) is 0.733. The maximum absolute atomic E-state index is 12.2. The SMILES string of the molecule is O=C(C[C@H]1C[C@H]2CN(Cc3ccccc3)C[C@H]2O1)NCCN1CCCC1. The first-order valence-electron chi connectivity index (χ1n) is 10.2. The molecular formula is C21H31N3O2. The van der Waals surface area contributed by atoms with Crippen LogP contribution >= 0.6 is 0 Å². The number of hydrogen-bond donors (Lipinski definition) is 1. The van der Waals surface area contributed by atoms with Crippen molar-refractivity contribution in [3.05, 3.63) is 35.9 Å². The lowest BCUT2D eigenvalue weighted by Gasteiger charge is -2.19. The van der Waals surface area contributed by atoms with Gasteiger partial charge in [0.05, 0.1) is 18.6 Å². The predicted molar refractivity (Wildman–Crippen MR) is 102 cm³/mol. The molecule has 3 fully saturated rings. The van der Waals surface area contributed by atoms with Crippen LogP contribution in [-0.4, -0.2) is 67.2 Å². The fraction of sp³-hybridized carbons (Fsp3) is 0.667. The monoisotopic (exact) mass is 357 g/mol. The molecule has 142 valence electrons. The van der Waals surface area contributed by atoms with Gasteiger partial charge < -0.3 is 15.0 Å². The number of nitrogens with zero attached hydrogens (tertiary/aromatic N) is 2. The Morgan fingerprint density at radius 3 is 2.69 bits per heavy atom. The Bertz CT molecular complexity index is 574. The molecule has 0 radical (unpaired) electrons. The number of nitrogens with one attached hydrogen (secondary N) is 1.